The van der Waals surface area contributed by atoms with Crippen LogP contribution >= 0.6 is 0 Å². The molecule has 0 saturated heterocycles. The van der Waals surface area contributed by atoms with Crippen LogP contribution in [0.15, 0.2) is 30.6 Å². The number of nitrogens with zero attached hydrogens (tertiary/aromatic N) is 2. The monoisotopic (exact) mass is 201 g/mol. The van der Waals surface area contributed by atoms with Gasteiger partial charge in [0.05, 0.1) is 0 Å². The molecule has 3 nitrogen and oxygen atoms in total. The van der Waals surface area contributed by atoms with Crippen LogP contribution in [0.5, 0.6) is 0 Å². The summed E-state index contributed by atoms with van der Waals surface area (Å²) < 4.78 is 2.17. The molecule has 2 N–H and O–H groups in total. The van der Waals surface area contributed by atoms with Gasteiger partial charge in [0.1, 0.15) is 5.65 Å². The van der Waals surface area contributed by atoms with Crippen molar-refractivity contribution in [3.05, 3.63) is 36.3 Å². The Morgan fingerprint density at radius 3 is 2.93 bits per heavy atom. The van der Waals surface area contributed by atoms with Crippen molar-refractivity contribution < 1.29 is 0 Å². The van der Waals surface area contributed by atoms with Crippen molar-refractivity contribution in [2.24, 2.45) is 5.73 Å². The first-order chi connectivity index (χ1) is 7.36. The maximum absolute atomic E-state index is 5.91. The van der Waals surface area contributed by atoms with Crippen LogP contribution in [0, 0.1) is 0 Å². The van der Waals surface area contributed by atoms with Gasteiger partial charge in [-0.3, -0.25) is 0 Å². The van der Waals surface area contributed by atoms with Gasteiger partial charge >= 0.3 is 0 Å². The smallest absolute Gasteiger partial charge is 0.136 e. The molecular formula is C12H15N3. The summed E-state index contributed by atoms with van der Waals surface area (Å²) in [7, 11) is 0. The van der Waals surface area contributed by atoms with Gasteiger partial charge in [0.25, 0.3) is 0 Å². The third-order valence-electron chi connectivity index (χ3n) is 3.66. The molecule has 1 aliphatic carbocycles. The fourth-order valence-corrected chi connectivity index (χ4v) is 2.49. The highest BCUT2D eigenvalue weighted by atomic mass is 15.0. The van der Waals surface area contributed by atoms with E-state index in [1.54, 1.807) is 0 Å². The summed E-state index contributed by atoms with van der Waals surface area (Å²) in [6.07, 6.45) is 7.75. The second-order valence-corrected chi connectivity index (χ2v) is 4.41. The topological polar surface area (TPSA) is 43.3 Å². The Morgan fingerprint density at radius 1 is 1.40 bits per heavy atom. The lowest BCUT2D eigenvalue weighted by Crippen LogP contribution is -2.42. The second-order valence-electron chi connectivity index (χ2n) is 4.41. The van der Waals surface area contributed by atoms with E-state index in [9.17, 15) is 0 Å². The number of rotatable bonds is 2. The van der Waals surface area contributed by atoms with Crippen molar-refractivity contribution in [2.75, 3.05) is 6.54 Å². The van der Waals surface area contributed by atoms with Gasteiger partial charge in [0.15, 0.2) is 0 Å². The van der Waals surface area contributed by atoms with Crippen LogP contribution < -0.4 is 5.73 Å². The van der Waals surface area contributed by atoms with Gasteiger partial charge in [-0.15, -0.1) is 0 Å². The van der Waals surface area contributed by atoms with Gasteiger partial charge in [-0.2, -0.15) is 0 Å². The number of aromatic nitrogens is 2. The lowest BCUT2D eigenvalue weighted by atomic mass is 9.67. The molecule has 1 fully saturated rings. The Balaban J connectivity index is 2.18. The molecule has 0 bridgehead atoms. The van der Waals surface area contributed by atoms with Crippen molar-refractivity contribution >= 4 is 5.65 Å². The summed E-state index contributed by atoms with van der Waals surface area (Å²) in [4.78, 5) is 4.42. The third kappa shape index (κ3) is 1.13. The molecule has 3 rings (SSSR count). The number of hydrogen-bond donors (Lipinski definition) is 1. The molecule has 2 aromatic heterocycles. The maximum Gasteiger partial charge on any atom is 0.136 e. The van der Waals surface area contributed by atoms with Crippen molar-refractivity contribution in [3.8, 4) is 0 Å². The third-order valence-corrected chi connectivity index (χ3v) is 3.66. The Hall–Kier alpha value is -1.35. The largest absolute Gasteiger partial charge is 0.330 e. The molecule has 1 aliphatic rings. The SMILES string of the molecule is NCC1(c2cnc3ccccn23)CCC1. The summed E-state index contributed by atoms with van der Waals surface area (Å²) in [5.74, 6) is 0. The molecule has 1 saturated carbocycles. The van der Waals surface area contributed by atoms with Crippen molar-refractivity contribution in [3.63, 3.8) is 0 Å². The van der Waals surface area contributed by atoms with E-state index in [0.717, 1.165) is 12.2 Å². The Labute approximate surface area is 88.9 Å². The molecule has 3 heteroatoms. The molecule has 0 aromatic carbocycles. The maximum atomic E-state index is 5.91. The number of nitrogens with two attached hydrogens (primary N) is 1. The van der Waals surface area contributed by atoms with E-state index in [1.165, 1.54) is 25.0 Å². The molecule has 0 amide bonds. The van der Waals surface area contributed by atoms with E-state index >= 15 is 0 Å². The van der Waals surface area contributed by atoms with Crippen molar-refractivity contribution in [2.45, 2.75) is 24.7 Å². The summed E-state index contributed by atoms with van der Waals surface area (Å²) in [5, 5.41) is 0. The number of pyridine rings is 1. The predicted octanol–water partition coefficient (Wildman–Crippen LogP) is 1.71. The number of hydrogen-bond acceptors (Lipinski definition) is 2. The van der Waals surface area contributed by atoms with Gasteiger partial charge in [-0.25, -0.2) is 4.98 Å². The predicted molar refractivity (Wildman–Crippen MR) is 59.8 cm³/mol. The summed E-state index contributed by atoms with van der Waals surface area (Å²) >= 11 is 0. The molecule has 0 aliphatic heterocycles. The minimum absolute atomic E-state index is 0.195. The molecular weight excluding hydrogens is 186 g/mol. The van der Waals surface area contributed by atoms with E-state index in [0.29, 0.717) is 0 Å². The van der Waals surface area contributed by atoms with Crippen LogP contribution in [0.25, 0.3) is 5.65 Å². The highest BCUT2D eigenvalue weighted by molar-refractivity contribution is 5.42. The normalized spacial score (nSPS) is 19.0. The zero-order chi connectivity index (χ0) is 10.3. The first kappa shape index (κ1) is 8.92. The van der Waals surface area contributed by atoms with Crippen LogP contribution in [0.2, 0.25) is 0 Å². The van der Waals surface area contributed by atoms with Crippen LogP contribution in [-0.2, 0) is 5.41 Å². The van der Waals surface area contributed by atoms with Crippen LogP contribution in [0.4, 0.5) is 0 Å². The molecule has 0 atom stereocenters. The average Bonchev–Trinajstić information content (AvgIpc) is 2.62. The van der Waals surface area contributed by atoms with E-state index in [-0.39, 0.29) is 5.41 Å². The van der Waals surface area contributed by atoms with Gasteiger partial charge < -0.3 is 10.1 Å². The minimum atomic E-state index is 0.195. The summed E-state index contributed by atoms with van der Waals surface area (Å²) in [6.45, 7) is 0.732. The van der Waals surface area contributed by atoms with Gasteiger partial charge in [0, 0.05) is 30.0 Å². The summed E-state index contributed by atoms with van der Waals surface area (Å²) in [5.41, 5.74) is 8.41. The van der Waals surface area contributed by atoms with Gasteiger partial charge in [0.2, 0.25) is 0 Å². The van der Waals surface area contributed by atoms with Crippen LogP contribution in [0.1, 0.15) is 25.0 Å². The van der Waals surface area contributed by atoms with Crippen LogP contribution in [0.3, 0.4) is 0 Å². The minimum Gasteiger partial charge on any atom is -0.330 e. The Bertz CT molecular complexity index is 477. The Morgan fingerprint density at radius 2 is 2.27 bits per heavy atom. The zero-order valence-corrected chi connectivity index (χ0v) is 8.69. The van der Waals surface area contributed by atoms with E-state index < -0.39 is 0 Å². The highest BCUT2D eigenvalue weighted by Crippen LogP contribution is 2.42. The molecule has 0 radical (unpaired) electrons. The van der Waals surface area contributed by atoms with Gasteiger partial charge in [-0.1, -0.05) is 12.5 Å². The molecule has 15 heavy (non-hydrogen) atoms. The van der Waals surface area contributed by atoms with E-state index in [4.69, 9.17) is 5.73 Å². The molecule has 78 valence electrons. The number of imidazole rings is 1. The van der Waals surface area contributed by atoms with E-state index in [2.05, 4.69) is 15.6 Å². The number of fused-ring (bicyclic) bond motifs is 1. The van der Waals surface area contributed by atoms with Crippen LogP contribution in [-0.4, -0.2) is 15.9 Å². The lowest BCUT2D eigenvalue weighted by Gasteiger charge is -2.40. The quantitative estimate of drug-likeness (QED) is 0.804. The van der Waals surface area contributed by atoms with Crippen molar-refractivity contribution in [1.29, 1.82) is 0 Å². The highest BCUT2D eigenvalue weighted by Gasteiger charge is 2.39. The second kappa shape index (κ2) is 3.07. The fourth-order valence-electron chi connectivity index (χ4n) is 2.49. The summed E-state index contributed by atoms with van der Waals surface area (Å²) in [6, 6.07) is 6.09. The molecule has 0 spiro atoms. The molecule has 0 unspecified atom stereocenters. The molecule has 2 heterocycles. The average molecular weight is 201 g/mol. The standard InChI is InChI=1S/C12H15N3/c13-9-12(5-3-6-12)10-8-14-11-4-1-2-7-15(10)11/h1-2,4,7-8H,3,5-6,9,13H2. The first-order valence-corrected chi connectivity index (χ1v) is 5.48. The first-order valence-electron chi connectivity index (χ1n) is 5.48. The molecule has 2 aromatic rings. The van der Waals surface area contributed by atoms with E-state index in [1.807, 2.05) is 24.4 Å². The Kier molecular flexibility index (Phi) is 1.83. The van der Waals surface area contributed by atoms with Gasteiger partial charge in [-0.05, 0) is 25.0 Å². The zero-order valence-electron chi connectivity index (χ0n) is 8.69. The van der Waals surface area contributed by atoms with Crippen molar-refractivity contribution in [1.82, 2.24) is 9.38 Å². The fraction of sp³-hybridized carbons (Fsp3) is 0.417. The lowest BCUT2D eigenvalue weighted by molar-refractivity contribution is 0.244.